The Bertz CT molecular complexity index is 833. The number of carbonyl (C=O) groups is 2. The molecule has 0 radical (unpaired) electrons. The number of esters is 1. The summed E-state index contributed by atoms with van der Waals surface area (Å²) < 4.78 is 5.79. The Balaban J connectivity index is 1.35. The van der Waals surface area contributed by atoms with E-state index in [1.54, 1.807) is 0 Å². The van der Waals surface area contributed by atoms with Crippen molar-refractivity contribution in [3.63, 3.8) is 0 Å². The van der Waals surface area contributed by atoms with Crippen LogP contribution in [0.3, 0.4) is 0 Å². The van der Waals surface area contributed by atoms with Crippen molar-refractivity contribution < 1.29 is 14.3 Å². The molecule has 27 heavy (non-hydrogen) atoms. The molecule has 1 atom stereocenters. The van der Waals surface area contributed by atoms with E-state index in [2.05, 4.69) is 12.1 Å². The molecule has 1 saturated heterocycles. The number of hydrogen-bond acceptors (Lipinski definition) is 3. The van der Waals surface area contributed by atoms with Gasteiger partial charge in [-0.1, -0.05) is 48.5 Å². The summed E-state index contributed by atoms with van der Waals surface area (Å²) in [7, 11) is 0. The summed E-state index contributed by atoms with van der Waals surface area (Å²) in [4.78, 5) is 26.9. The lowest BCUT2D eigenvalue weighted by atomic mass is 9.85. The standard InChI is InChI=1S/C23H25NO3/c25-21(14-7-4-11-18-9-2-1-3-10-18)24-16-8-15-23(17-24)20-13-6-5-12-19(20)22(26)27-23/h1-3,5-6,9-10,12-13H,4,7-8,11,14-17H2. The van der Waals surface area contributed by atoms with Crippen LogP contribution in [0.25, 0.3) is 0 Å². The summed E-state index contributed by atoms with van der Waals surface area (Å²) in [6.07, 6.45) is 5.09. The van der Waals surface area contributed by atoms with Crippen LogP contribution >= 0.6 is 0 Å². The average molecular weight is 363 g/mol. The highest BCUT2D eigenvalue weighted by Crippen LogP contribution is 2.42. The zero-order valence-corrected chi connectivity index (χ0v) is 15.5. The first-order chi connectivity index (χ1) is 13.2. The molecular formula is C23H25NO3. The molecule has 4 nitrogen and oxygen atoms in total. The van der Waals surface area contributed by atoms with Gasteiger partial charge in [0.05, 0.1) is 12.1 Å². The quantitative estimate of drug-likeness (QED) is 0.594. The smallest absolute Gasteiger partial charge is 0.339 e. The first-order valence-corrected chi connectivity index (χ1v) is 9.82. The van der Waals surface area contributed by atoms with Crippen molar-refractivity contribution in [3.8, 4) is 0 Å². The average Bonchev–Trinajstić information content (AvgIpc) is 2.97. The summed E-state index contributed by atoms with van der Waals surface area (Å²) in [6.45, 7) is 1.23. The molecule has 2 aliphatic rings. The maximum atomic E-state index is 12.7. The molecule has 0 saturated carbocycles. The molecule has 2 heterocycles. The number of fused-ring (bicyclic) bond motifs is 2. The Morgan fingerprint density at radius 2 is 1.81 bits per heavy atom. The van der Waals surface area contributed by atoms with Crippen LogP contribution in [0.4, 0.5) is 0 Å². The number of likely N-dealkylation sites (tertiary alicyclic amines) is 1. The number of amides is 1. The van der Waals surface area contributed by atoms with Crippen LogP contribution in [0.2, 0.25) is 0 Å². The van der Waals surface area contributed by atoms with E-state index in [9.17, 15) is 9.59 Å². The Labute approximate surface area is 160 Å². The van der Waals surface area contributed by atoms with Gasteiger partial charge in [0.2, 0.25) is 5.91 Å². The molecule has 0 aliphatic carbocycles. The van der Waals surface area contributed by atoms with Gasteiger partial charge < -0.3 is 9.64 Å². The highest BCUT2D eigenvalue weighted by Gasteiger charge is 2.48. The zero-order valence-electron chi connectivity index (χ0n) is 15.5. The number of ether oxygens (including phenoxy) is 1. The molecular weight excluding hydrogens is 338 g/mol. The van der Waals surface area contributed by atoms with Crippen molar-refractivity contribution in [1.82, 2.24) is 4.90 Å². The van der Waals surface area contributed by atoms with Crippen molar-refractivity contribution in [2.75, 3.05) is 13.1 Å². The second kappa shape index (κ2) is 7.55. The zero-order chi connectivity index (χ0) is 18.7. The molecule has 0 N–H and O–H groups in total. The molecule has 4 rings (SSSR count). The maximum Gasteiger partial charge on any atom is 0.339 e. The fraction of sp³-hybridized carbons (Fsp3) is 0.391. The van der Waals surface area contributed by atoms with E-state index in [1.807, 2.05) is 47.4 Å². The molecule has 2 aromatic carbocycles. The predicted octanol–water partition coefficient (Wildman–Crippen LogP) is 4.09. The topological polar surface area (TPSA) is 46.6 Å². The number of unbranched alkanes of at least 4 members (excludes halogenated alkanes) is 1. The molecule has 2 aromatic rings. The third-order valence-electron chi connectivity index (χ3n) is 5.68. The van der Waals surface area contributed by atoms with E-state index in [-0.39, 0.29) is 11.9 Å². The normalized spacial score (nSPS) is 21.2. The largest absolute Gasteiger partial charge is 0.449 e. The summed E-state index contributed by atoms with van der Waals surface area (Å²) >= 11 is 0. The lowest BCUT2D eigenvalue weighted by Crippen LogP contribution is -2.48. The summed E-state index contributed by atoms with van der Waals surface area (Å²) in [5.74, 6) is -0.0923. The molecule has 0 aromatic heterocycles. The van der Waals surface area contributed by atoms with Crippen LogP contribution in [-0.2, 0) is 21.6 Å². The van der Waals surface area contributed by atoms with Gasteiger partial charge in [0.15, 0.2) is 5.60 Å². The second-order valence-electron chi connectivity index (χ2n) is 7.54. The number of nitrogens with zero attached hydrogens (tertiary/aromatic N) is 1. The van der Waals surface area contributed by atoms with E-state index < -0.39 is 5.60 Å². The number of carbonyl (C=O) groups excluding carboxylic acids is 2. The minimum absolute atomic E-state index is 0.169. The third kappa shape index (κ3) is 3.61. The second-order valence-corrected chi connectivity index (χ2v) is 7.54. The van der Waals surface area contributed by atoms with Crippen molar-refractivity contribution >= 4 is 11.9 Å². The Morgan fingerprint density at radius 1 is 1.04 bits per heavy atom. The van der Waals surface area contributed by atoms with Crippen molar-refractivity contribution in [1.29, 1.82) is 0 Å². The number of hydrogen-bond donors (Lipinski definition) is 0. The van der Waals surface area contributed by atoms with Gasteiger partial charge in [-0.25, -0.2) is 4.79 Å². The molecule has 1 fully saturated rings. The van der Waals surface area contributed by atoms with Crippen LogP contribution in [0.1, 0.15) is 53.6 Å². The Hall–Kier alpha value is -2.62. The Morgan fingerprint density at radius 3 is 2.67 bits per heavy atom. The number of benzene rings is 2. The molecule has 0 bridgehead atoms. The van der Waals surface area contributed by atoms with Gasteiger partial charge in [-0.05, 0) is 43.7 Å². The fourth-order valence-corrected chi connectivity index (χ4v) is 4.29. The van der Waals surface area contributed by atoms with Crippen LogP contribution in [-0.4, -0.2) is 29.9 Å². The molecule has 4 heteroatoms. The third-order valence-corrected chi connectivity index (χ3v) is 5.68. The Kier molecular flexibility index (Phi) is 4.97. The first kappa shape index (κ1) is 17.8. The number of aryl methyl sites for hydroxylation is 1. The summed E-state index contributed by atoms with van der Waals surface area (Å²) in [5.41, 5.74) is 2.26. The van der Waals surface area contributed by atoms with E-state index in [4.69, 9.17) is 4.74 Å². The van der Waals surface area contributed by atoms with Crippen LogP contribution in [0.5, 0.6) is 0 Å². The maximum absolute atomic E-state index is 12.7. The SMILES string of the molecule is O=C1OC2(CCCN(C(=O)CCCCc3ccccc3)C2)c2ccccc21. The van der Waals surface area contributed by atoms with E-state index in [0.717, 1.165) is 44.2 Å². The fourth-order valence-electron chi connectivity index (χ4n) is 4.29. The van der Waals surface area contributed by atoms with Gasteiger partial charge in [-0.15, -0.1) is 0 Å². The minimum atomic E-state index is -0.647. The molecule has 2 aliphatic heterocycles. The van der Waals surface area contributed by atoms with Gasteiger partial charge >= 0.3 is 5.97 Å². The van der Waals surface area contributed by atoms with Crippen molar-refractivity contribution in [2.24, 2.45) is 0 Å². The lowest BCUT2D eigenvalue weighted by molar-refractivity contribution is -0.138. The van der Waals surface area contributed by atoms with E-state index in [0.29, 0.717) is 18.5 Å². The molecule has 1 unspecified atom stereocenters. The minimum Gasteiger partial charge on any atom is -0.449 e. The monoisotopic (exact) mass is 363 g/mol. The van der Waals surface area contributed by atoms with Crippen molar-refractivity contribution in [3.05, 3.63) is 71.3 Å². The number of rotatable bonds is 5. The van der Waals surface area contributed by atoms with Gasteiger partial charge in [0, 0.05) is 18.5 Å². The molecule has 1 spiro atoms. The number of piperidine rings is 1. The van der Waals surface area contributed by atoms with E-state index >= 15 is 0 Å². The van der Waals surface area contributed by atoms with Crippen LogP contribution in [0, 0.1) is 0 Å². The highest BCUT2D eigenvalue weighted by molar-refractivity contribution is 5.95. The molecule has 140 valence electrons. The van der Waals surface area contributed by atoms with Crippen molar-refractivity contribution in [2.45, 2.75) is 44.1 Å². The predicted molar refractivity (Wildman–Crippen MR) is 103 cm³/mol. The van der Waals surface area contributed by atoms with E-state index in [1.165, 1.54) is 5.56 Å². The van der Waals surface area contributed by atoms with Gasteiger partial charge in [0.1, 0.15) is 0 Å². The summed E-state index contributed by atoms with van der Waals surface area (Å²) in [6, 6.07) is 18.0. The lowest BCUT2D eigenvalue weighted by Gasteiger charge is -2.39. The van der Waals surface area contributed by atoms with Gasteiger partial charge in [-0.2, -0.15) is 0 Å². The molecule has 1 amide bonds. The van der Waals surface area contributed by atoms with Crippen LogP contribution < -0.4 is 0 Å². The van der Waals surface area contributed by atoms with Gasteiger partial charge in [-0.3, -0.25) is 4.79 Å². The van der Waals surface area contributed by atoms with Gasteiger partial charge in [0.25, 0.3) is 0 Å². The summed E-state index contributed by atoms with van der Waals surface area (Å²) in [5, 5.41) is 0. The first-order valence-electron chi connectivity index (χ1n) is 9.82. The highest BCUT2D eigenvalue weighted by atomic mass is 16.6. The van der Waals surface area contributed by atoms with Crippen LogP contribution in [0.15, 0.2) is 54.6 Å².